The number of aromatic carboxylic acids is 1. The molecular weight excluding hydrogens is 266 g/mol. The molecule has 0 heterocycles. The molecule has 0 atom stereocenters. The van der Waals surface area contributed by atoms with Gasteiger partial charge in [-0.05, 0) is 36.8 Å². The molecule has 0 aliphatic heterocycles. The van der Waals surface area contributed by atoms with E-state index in [4.69, 9.17) is 4.74 Å². The Hall–Kier alpha value is -2.07. The summed E-state index contributed by atoms with van der Waals surface area (Å²) in [4.78, 5) is 11.3. The third-order valence-corrected chi connectivity index (χ3v) is 3.50. The van der Waals surface area contributed by atoms with Crippen LogP contribution in [0.3, 0.4) is 0 Å². The van der Waals surface area contributed by atoms with Crippen molar-refractivity contribution >= 4 is 22.4 Å². The Kier molecular flexibility index (Phi) is 5.58. The molecule has 0 aliphatic carbocycles. The van der Waals surface area contributed by atoms with Crippen LogP contribution >= 0.6 is 0 Å². The molecule has 0 bridgehead atoms. The van der Waals surface area contributed by atoms with Crippen LogP contribution in [-0.2, 0) is 4.74 Å². The van der Waals surface area contributed by atoms with Crippen molar-refractivity contribution in [3.05, 3.63) is 42.0 Å². The predicted molar refractivity (Wildman–Crippen MR) is 85.1 cm³/mol. The van der Waals surface area contributed by atoms with Crippen LogP contribution in [0.4, 0.5) is 5.69 Å². The number of methoxy groups -OCH3 is 1. The highest BCUT2D eigenvalue weighted by atomic mass is 16.5. The minimum atomic E-state index is -0.891. The van der Waals surface area contributed by atoms with Gasteiger partial charge in [-0.15, -0.1) is 0 Å². The van der Waals surface area contributed by atoms with Crippen molar-refractivity contribution < 1.29 is 14.6 Å². The summed E-state index contributed by atoms with van der Waals surface area (Å²) in [7, 11) is 1.72. The predicted octanol–water partition coefficient (Wildman–Crippen LogP) is 3.77. The average Bonchev–Trinajstić information content (AvgIpc) is 2.50. The lowest BCUT2D eigenvalue weighted by Crippen LogP contribution is -2.04. The second-order valence-electron chi connectivity index (χ2n) is 4.99. The summed E-state index contributed by atoms with van der Waals surface area (Å²) in [6, 6.07) is 11.1. The molecule has 0 aromatic heterocycles. The molecule has 2 N–H and O–H groups in total. The number of nitrogens with one attached hydrogen (secondary N) is 1. The molecule has 0 unspecified atom stereocenters. The second-order valence-corrected chi connectivity index (χ2v) is 4.99. The molecule has 4 heteroatoms. The number of carbonyl (C=O) groups is 1. The third-order valence-electron chi connectivity index (χ3n) is 3.50. The monoisotopic (exact) mass is 287 g/mol. The molecule has 0 aliphatic rings. The van der Waals surface area contributed by atoms with E-state index in [9.17, 15) is 9.90 Å². The quantitative estimate of drug-likeness (QED) is 0.726. The van der Waals surface area contributed by atoms with Crippen molar-refractivity contribution in [2.24, 2.45) is 0 Å². The number of hydrogen-bond donors (Lipinski definition) is 2. The third kappa shape index (κ3) is 3.95. The molecule has 0 radical (unpaired) electrons. The Morgan fingerprint density at radius 3 is 2.57 bits per heavy atom. The number of ether oxygens (including phenoxy) is 1. The minimum absolute atomic E-state index is 0.344. The van der Waals surface area contributed by atoms with Gasteiger partial charge < -0.3 is 15.2 Å². The van der Waals surface area contributed by atoms with E-state index < -0.39 is 5.97 Å². The average molecular weight is 287 g/mol. The zero-order valence-corrected chi connectivity index (χ0v) is 12.3. The Labute approximate surface area is 124 Å². The van der Waals surface area contributed by atoms with Crippen LogP contribution in [0.25, 0.3) is 10.8 Å². The first kappa shape index (κ1) is 15.3. The number of hydrogen-bond acceptors (Lipinski definition) is 3. The lowest BCUT2D eigenvalue weighted by molar-refractivity contribution is 0.0699. The number of carboxylic acid groups (broad SMARTS) is 1. The maximum Gasteiger partial charge on any atom is 0.336 e. The van der Waals surface area contributed by atoms with E-state index in [1.54, 1.807) is 13.2 Å². The van der Waals surface area contributed by atoms with Crippen LogP contribution in [0.1, 0.15) is 29.6 Å². The Morgan fingerprint density at radius 1 is 1.10 bits per heavy atom. The van der Waals surface area contributed by atoms with Gasteiger partial charge in [0.05, 0.1) is 5.56 Å². The highest BCUT2D eigenvalue weighted by Gasteiger charge is 2.10. The van der Waals surface area contributed by atoms with E-state index in [1.165, 1.54) is 0 Å². The van der Waals surface area contributed by atoms with Crippen molar-refractivity contribution in [2.75, 3.05) is 25.6 Å². The maximum absolute atomic E-state index is 11.3. The first-order valence-electron chi connectivity index (χ1n) is 7.22. The number of anilines is 1. The van der Waals surface area contributed by atoms with Crippen molar-refractivity contribution in [3.8, 4) is 0 Å². The lowest BCUT2D eigenvalue weighted by atomic mass is 10.0. The van der Waals surface area contributed by atoms with Crippen LogP contribution in [0.2, 0.25) is 0 Å². The van der Waals surface area contributed by atoms with Crippen LogP contribution in [0.5, 0.6) is 0 Å². The zero-order chi connectivity index (χ0) is 15.1. The Bertz CT molecular complexity index is 610. The van der Waals surface area contributed by atoms with Crippen LogP contribution in [0.15, 0.2) is 36.4 Å². The van der Waals surface area contributed by atoms with E-state index in [0.29, 0.717) is 5.56 Å². The van der Waals surface area contributed by atoms with Gasteiger partial charge in [0.25, 0.3) is 0 Å². The SMILES string of the molecule is COCCCCCNc1ccc(C(=O)O)c2ccccc12. The van der Waals surface area contributed by atoms with Gasteiger partial charge in [-0.25, -0.2) is 4.79 Å². The fourth-order valence-corrected chi connectivity index (χ4v) is 2.41. The largest absolute Gasteiger partial charge is 0.478 e. The Balaban J connectivity index is 2.07. The summed E-state index contributed by atoms with van der Waals surface area (Å²) in [5, 5.41) is 14.4. The van der Waals surface area contributed by atoms with E-state index in [0.717, 1.165) is 48.9 Å². The second kappa shape index (κ2) is 7.64. The van der Waals surface area contributed by atoms with Gasteiger partial charge >= 0.3 is 5.97 Å². The van der Waals surface area contributed by atoms with E-state index in [-0.39, 0.29) is 0 Å². The van der Waals surface area contributed by atoms with E-state index >= 15 is 0 Å². The van der Waals surface area contributed by atoms with E-state index in [2.05, 4.69) is 5.32 Å². The fraction of sp³-hybridized carbons (Fsp3) is 0.353. The number of fused-ring (bicyclic) bond motifs is 1. The van der Waals surface area contributed by atoms with Crippen molar-refractivity contribution in [3.63, 3.8) is 0 Å². The fourth-order valence-electron chi connectivity index (χ4n) is 2.41. The smallest absolute Gasteiger partial charge is 0.336 e. The molecule has 0 spiro atoms. The lowest BCUT2D eigenvalue weighted by Gasteiger charge is -2.11. The summed E-state index contributed by atoms with van der Waals surface area (Å²) in [5.41, 5.74) is 1.33. The van der Waals surface area contributed by atoms with Gasteiger partial charge in [0.1, 0.15) is 0 Å². The Morgan fingerprint density at radius 2 is 1.86 bits per heavy atom. The van der Waals surface area contributed by atoms with Crippen molar-refractivity contribution in [1.82, 2.24) is 0 Å². The zero-order valence-electron chi connectivity index (χ0n) is 12.3. The standard InChI is InChI=1S/C17H21NO3/c1-21-12-6-2-5-11-18-16-10-9-15(17(19)20)13-7-3-4-8-14(13)16/h3-4,7-10,18H,2,5-6,11-12H2,1H3,(H,19,20). The molecule has 0 saturated carbocycles. The molecule has 4 nitrogen and oxygen atoms in total. The summed E-state index contributed by atoms with van der Waals surface area (Å²) < 4.78 is 5.02. The minimum Gasteiger partial charge on any atom is -0.478 e. The van der Waals surface area contributed by atoms with Gasteiger partial charge in [0, 0.05) is 31.3 Å². The van der Waals surface area contributed by atoms with Crippen LogP contribution in [-0.4, -0.2) is 31.3 Å². The molecule has 112 valence electrons. The van der Waals surface area contributed by atoms with Gasteiger partial charge in [0.15, 0.2) is 0 Å². The summed E-state index contributed by atoms with van der Waals surface area (Å²) in [6.07, 6.45) is 3.25. The van der Waals surface area contributed by atoms with Gasteiger partial charge in [0.2, 0.25) is 0 Å². The van der Waals surface area contributed by atoms with Crippen molar-refractivity contribution in [1.29, 1.82) is 0 Å². The molecule has 0 fully saturated rings. The molecule has 0 amide bonds. The number of benzene rings is 2. The van der Waals surface area contributed by atoms with Crippen molar-refractivity contribution in [2.45, 2.75) is 19.3 Å². The number of rotatable bonds is 8. The maximum atomic E-state index is 11.3. The van der Waals surface area contributed by atoms with Crippen LogP contribution in [0, 0.1) is 0 Å². The highest BCUT2D eigenvalue weighted by molar-refractivity contribution is 6.07. The summed E-state index contributed by atoms with van der Waals surface area (Å²) >= 11 is 0. The van der Waals surface area contributed by atoms with E-state index in [1.807, 2.05) is 30.3 Å². The van der Waals surface area contributed by atoms with Gasteiger partial charge in [-0.1, -0.05) is 24.3 Å². The molecule has 0 saturated heterocycles. The number of unbranched alkanes of at least 4 members (excludes halogenated alkanes) is 2. The topological polar surface area (TPSA) is 58.6 Å². The van der Waals surface area contributed by atoms with Crippen LogP contribution < -0.4 is 5.32 Å². The molecule has 2 aromatic rings. The summed E-state index contributed by atoms with van der Waals surface area (Å²) in [6.45, 7) is 1.68. The van der Waals surface area contributed by atoms with Gasteiger partial charge in [-0.3, -0.25) is 0 Å². The first-order chi connectivity index (χ1) is 10.2. The normalized spacial score (nSPS) is 10.7. The molecular formula is C17H21NO3. The summed E-state index contributed by atoms with van der Waals surface area (Å²) in [5.74, 6) is -0.891. The molecule has 2 rings (SSSR count). The molecule has 21 heavy (non-hydrogen) atoms. The molecule has 2 aromatic carbocycles. The number of carboxylic acids is 1. The highest BCUT2D eigenvalue weighted by Crippen LogP contribution is 2.26. The van der Waals surface area contributed by atoms with Gasteiger partial charge in [-0.2, -0.15) is 0 Å². The first-order valence-corrected chi connectivity index (χ1v) is 7.22.